The Bertz CT molecular complexity index is 561. The van der Waals surface area contributed by atoms with Crippen LogP contribution in [0.1, 0.15) is 11.1 Å². The van der Waals surface area contributed by atoms with Gasteiger partial charge in [-0.1, -0.05) is 48.5 Å². The van der Waals surface area contributed by atoms with E-state index < -0.39 is 0 Å². The molecule has 3 nitrogen and oxygen atoms in total. The molecule has 0 fully saturated rings. The van der Waals surface area contributed by atoms with Gasteiger partial charge in [0.1, 0.15) is 12.6 Å². The van der Waals surface area contributed by atoms with Crippen molar-refractivity contribution in [3.8, 4) is 0 Å². The molecule has 4 heteroatoms. The van der Waals surface area contributed by atoms with E-state index >= 15 is 0 Å². The van der Waals surface area contributed by atoms with Crippen molar-refractivity contribution in [3.63, 3.8) is 0 Å². The highest BCUT2D eigenvalue weighted by molar-refractivity contribution is 5.85. The van der Waals surface area contributed by atoms with Crippen LogP contribution >= 0.6 is 12.4 Å². The number of benzene rings is 2. The number of ether oxygens (including phenoxy) is 1. The van der Waals surface area contributed by atoms with Crippen LogP contribution in [-0.2, 0) is 22.6 Å². The number of rotatable bonds is 3. The molecule has 0 spiro atoms. The molecular formula is C16H16ClNO2. The maximum Gasteiger partial charge on any atom is 0.329 e. The second-order valence-electron chi connectivity index (χ2n) is 4.65. The molecule has 1 atom stereocenters. The third-order valence-electron chi connectivity index (χ3n) is 3.28. The summed E-state index contributed by atoms with van der Waals surface area (Å²) in [4.78, 5) is 12.0. The van der Waals surface area contributed by atoms with Crippen LogP contribution in [0.25, 0.3) is 0 Å². The van der Waals surface area contributed by atoms with E-state index in [0.29, 0.717) is 13.0 Å². The normalized spacial score (nSPS) is 15.7. The van der Waals surface area contributed by atoms with Crippen molar-refractivity contribution < 1.29 is 9.53 Å². The number of anilines is 1. The lowest BCUT2D eigenvalue weighted by Crippen LogP contribution is -2.28. The zero-order valence-electron chi connectivity index (χ0n) is 10.9. The van der Waals surface area contributed by atoms with E-state index in [9.17, 15) is 4.79 Å². The minimum absolute atomic E-state index is 0. The molecule has 1 aliphatic heterocycles. The Hall–Kier alpha value is -2.00. The van der Waals surface area contributed by atoms with Crippen LogP contribution in [0, 0.1) is 0 Å². The first kappa shape index (κ1) is 14.4. The molecule has 1 heterocycles. The van der Waals surface area contributed by atoms with E-state index in [0.717, 1.165) is 11.3 Å². The van der Waals surface area contributed by atoms with Crippen LogP contribution in [0.2, 0.25) is 0 Å². The maximum atomic E-state index is 12.0. The van der Waals surface area contributed by atoms with E-state index in [4.69, 9.17) is 4.74 Å². The van der Waals surface area contributed by atoms with Crippen molar-refractivity contribution in [2.75, 3.05) is 5.32 Å². The summed E-state index contributed by atoms with van der Waals surface area (Å²) in [6, 6.07) is 17.4. The highest BCUT2D eigenvalue weighted by Gasteiger charge is 2.27. The van der Waals surface area contributed by atoms with Crippen molar-refractivity contribution in [2.45, 2.75) is 19.1 Å². The summed E-state index contributed by atoms with van der Waals surface area (Å²) in [6.45, 7) is 0.328. The summed E-state index contributed by atoms with van der Waals surface area (Å²) in [5.74, 6) is -0.194. The number of para-hydroxylation sites is 1. The fourth-order valence-electron chi connectivity index (χ4n) is 2.27. The average Bonchev–Trinajstić information content (AvgIpc) is 2.90. The lowest BCUT2D eigenvalue weighted by molar-refractivity contribution is -0.145. The fraction of sp³-hybridized carbons (Fsp3) is 0.188. The first-order chi connectivity index (χ1) is 9.33. The number of halogens is 1. The van der Waals surface area contributed by atoms with Gasteiger partial charge in [-0.2, -0.15) is 0 Å². The number of hydrogen-bond donors (Lipinski definition) is 1. The first-order valence-corrected chi connectivity index (χ1v) is 6.38. The SMILES string of the molecule is Cl.O=C(OCc1ccccc1)C1Cc2ccccc2N1. The van der Waals surface area contributed by atoms with Gasteiger partial charge < -0.3 is 10.1 Å². The van der Waals surface area contributed by atoms with Crippen LogP contribution in [-0.4, -0.2) is 12.0 Å². The van der Waals surface area contributed by atoms with Gasteiger partial charge in [-0.15, -0.1) is 12.4 Å². The minimum Gasteiger partial charge on any atom is -0.459 e. The number of fused-ring (bicyclic) bond motifs is 1. The van der Waals surface area contributed by atoms with E-state index in [-0.39, 0.29) is 24.4 Å². The Labute approximate surface area is 124 Å². The number of carbonyl (C=O) groups is 1. The van der Waals surface area contributed by atoms with E-state index in [1.54, 1.807) is 0 Å². The van der Waals surface area contributed by atoms with Crippen molar-refractivity contribution in [3.05, 3.63) is 65.7 Å². The molecule has 104 valence electrons. The van der Waals surface area contributed by atoms with Crippen LogP contribution in [0.4, 0.5) is 5.69 Å². The van der Waals surface area contributed by atoms with Gasteiger partial charge in [-0.3, -0.25) is 0 Å². The van der Waals surface area contributed by atoms with Crippen molar-refractivity contribution in [1.29, 1.82) is 0 Å². The van der Waals surface area contributed by atoms with Gasteiger partial charge >= 0.3 is 5.97 Å². The van der Waals surface area contributed by atoms with Gasteiger partial charge in [0.2, 0.25) is 0 Å². The Balaban J connectivity index is 0.00000147. The van der Waals surface area contributed by atoms with Crippen molar-refractivity contribution >= 4 is 24.1 Å². The highest BCUT2D eigenvalue weighted by atomic mass is 35.5. The molecule has 1 aliphatic rings. The molecule has 0 aromatic heterocycles. The molecule has 3 rings (SSSR count). The van der Waals surface area contributed by atoms with Gasteiger partial charge in [-0.05, 0) is 17.2 Å². The zero-order valence-corrected chi connectivity index (χ0v) is 11.7. The quantitative estimate of drug-likeness (QED) is 0.882. The van der Waals surface area contributed by atoms with E-state index in [1.807, 2.05) is 54.6 Å². The molecule has 20 heavy (non-hydrogen) atoms. The standard InChI is InChI=1S/C16H15NO2.ClH/c18-16(19-11-12-6-2-1-3-7-12)15-10-13-8-4-5-9-14(13)17-15;/h1-9,15,17H,10-11H2;1H. The molecule has 2 aromatic carbocycles. The largest absolute Gasteiger partial charge is 0.459 e. The Morgan fingerprint density at radius 2 is 1.80 bits per heavy atom. The van der Waals surface area contributed by atoms with Gasteiger partial charge in [-0.25, -0.2) is 4.79 Å². The van der Waals surface area contributed by atoms with E-state index in [2.05, 4.69) is 5.32 Å². The molecule has 0 saturated heterocycles. The predicted octanol–water partition coefficient (Wildman–Crippen LogP) is 3.19. The molecule has 1 unspecified atom stereocenters. The Morgan fingerprint density at radius 3 is 2.55 bits per heavy atom. The Morgan fingerprint density at radius 1 is 1.10 bits per heavy atom. The molecule has 0 bridgehead atoms. The second-order valence-corrected chi connectivity index (χ2v) is 4.65. The summed E-state index contributed by atoms with van der Waals surface area (Å²) in [5.41, 5.74) is 3.21. The molecule has 1 N–H and O–H groups in total. The second kappa shape index (κ2) is 6.44. The number of carbonyl (C=O) groups excluding carboxylic acids is 1. The highest BCUT2D eigenvalue weighted by Crippen LogP contribution is 2.25. The monoisotopic (exact) mass is 289 g/mol. The van der Waals surface area contributed by atoms with Gasteiger partial charge in [0, 0.05) is 12.1 Å². The predicted molar refractivity (Wildman–Crippen MR) is 81.0 cm³/mol. The third-order valence-corrected chi connectivity index (χ3v) is 3.28. The lowest BCUT2D eigenvalue weighted by Gasteiger charge is -2.11. The van der Waals surface area contributed by atoms with Crippen LogP contribution in [0.15, 0.2) is 54.6 Å². The summed E-state index contributed by atoms with van der Waals surface area (Å²) >= 11 is 0. The van der Waals surface area contributed by atoms with Gasteiger partial charge in [0.05, 0.1) is 0 Å². The lowest BCUT2D eigenvalue weighted by atomic mass is 10.1. The van der Waals surface area contributed by atoms with Crippen molar-refractivity contribution in [2.24, 2.45) is 0 Å². The smallest absolute Gasteiger partial charge is 0.329 e. The maximum absolute atomic E-state index is 12.0. The summed E-state index contributed by atoms with van der Waals surface area (Å²) in [5, 5.41) is 3.20. The number of nitrogens with one attached hydrogen (secondary N) is 1. The molecule has 0 amide bonds. The van der Waals surface area contributed by atoms with Gasteiger partial charge in [0.15, 0.2) is 0 Å². The molecule has 0 saturated carbocycles. The molecule has 2 aromatic rings. The van der Waals surface area contributed by atoms with Crippen LogP contribution in [0.3, 0.4) is 0 Å². The summed E-state index contributed by atoms with van der Waals surface area (Å²) in [6.07, 6.45) is 0.698. The first-order valence-electron chi connectivity index (χ1n) is 6.38. The molecule has 0 radical (unpaired) electrons. The molecule has 0 aliphatic carbocycles. The number of esters is 1. The average molecular weight is 290 g/mol. The zero-order chi connectivity index (χ0) is 13.1. The third kappa shape index (κ3) is 3.11. The van der Waals surface area contributed by atoms with E-state index in [1.165, 1.54) is 5.56 Å². The van der Waals surface area contributed by atoms with Crippen molar-refractivity contribution in [1.82, 2.24) is 0 Å². The summed E-state index contributed by atoms with van der Waals surface area (Å²) < 4.78 is 5.34. The topological polar surface area (TPSA) is 38.3 Å². The fourth-order valence-corrected chi connectivity index (χ4v) is 2.27. The van der Waals surface area contributed by atoms with Gasteiger partial charge in [0.25, 0.3) is 0 Å². The summed E-state index contributed by atoms with van der Waals surface area (Å²) in [7, 11) is 0. The molecular weight excluding hydrogens is 274 g/mol. The number of hydrogen-bond acceptors (Lipinski definition) is 3. The Kier molecular flexibility index (Phi) is 4.64. The van der Waals surface area contributed by atoms with Crippen LogP contribution in [0.5, 0.6) is 0 Å². The minimum atomic E-state index is -0.263. The van der Waals surface area contributed by atoms with Crippen LogP contribution < -0.4 is 5.32 Å².